The van der Waals surface area contributed by atoms with Gasteiger partial charge in [0.25, 0.3) is 0 Å². The van der Waals surface area contributed by atoms with Crippen molar-refractivity contribution in [3.8, 4) is 0 Å². The molecule has 1 aromatic carbocycles. The minimum Gasteiger partial charge on any atom is -0.376 e. The van der Waals surface area contributed by atoms with Gasteiger partial charge in [-0.25, -0.2) is 4.68 Å². The lowest BCUT2D eigenvalue weighted by molar-refractivity contribution is -0.0556. The highest BCUT2D eigenvalue weighted by Crippen LogP contribution is 2.26. The minimum absolute atomic E-state index is 0.331. The van der Waals surface area contributed by atoms with Gasteiger partial charge in [0, 0.05) is 13.0 Å². The summed E-state index contributed by atoms with van der Waals surface area (Å²) in [5.41, 5.74) is 1.32. The second kappa shape index (κ2) is 7.01. The normalized spacial score (nSPS) is 25.3. The fraction of sp³-hybridized carbons (Fsp3) is 0.588. The van der Waals surface area contributed by atoms with Crippen LogP contribution in [0.5, 0.6) is 0 Å². The number of benzene rings is 1. The maximum atomic E-state index is 5.81. The Morgan fingerprint density at radius 3 is 2.55 bits per heavy atom. The third-order valence-corrected chi connectivity index (χ3v) is 4.31. The maximum absolute atomic E-state index is 5.81. The Kier molecular flexibility index (Phi) is 4.83. The Morgan fingerprint density at radius 1 is 1.09 bits per heavy atom. The number of hydrogen-bond acceptors (Lipinski definition) is 4. The van der Waals surface area contributed by atoms with Crippen molar-refractivity contribution in [1.29, 1.82) is 0 Å². The van der Waals surface area contributed by atoms with Crippen molar-refractivity contribution in [2.24, 2.45) is 5.92 Å². The Balaban J connectivity index is 1.60. The highest BCUT2D eigenvalue weighted by Gasteiger charge is 2.25. The zero-order valence-corrected chi connectivity index (χ0v) is 13.4. The molecule has 1 aliphatic heterocycles. The van der Waals surface area contributed by atoms with Gasteiger partial charge in [0.2, 0.25) is 0 Å². The Bertz CT molecular complexity index is 573. The van der Waals surface area contributed by atoms with Crippen LogP contribution in [-0.4, -0.2) is 32.4 Å². The molecule has 1 saturated heterocycles. The minimum atomic E-state index is 0.331. The second-order valence-corrected chi connectivity index (χ2v) is 6.36. The first-order valence-electron chi connectivity index (χ1n) is 8.15. The molecule has 2 heterocycles. The van der Waals surface area contributed by atoms with Crippen LogP contribution in [0.15, 0.2) is 30.3 Å². The standard InChI is InChI=1S/C17H24N4O/c1-13-10-16(11-14(2)22-13)12-21-17(18-19-20-21)9-8-15-6-4-3-5-7-15/h3-7,13-14,16H,8-12H2,1-2H3/t13-,14+,16?. The van der Waals surface area contributed by atoms with E-state index in [0.717, 1.165) is 38.1 Å². The van der Waals surface area contributed by atoms with E-state index in [9.17, 15) is 0 Å². The van der Waals surface area contributed by atoms with Crippen LogP contribution in [0, 0.1) is 5.92 Å². The van der Waals surface area contributed by atoms with Crippen molar-refractivity contribution in [3.63, 3.8) is 0 Å². The van der Waals surface area contributed by atoms with Crippen molar-refractivity contribution < 1.29 is 4.74 Å². The highest BCUT2D eigenvalue weighted by atomic mass is 16.5. The summed E-state index contributed by atoms with van der Waals surface area (Å²) in [6.45, 7) is 5.20. The number of nitrogens with zero attached hydrogens (tertiary/aromatic N) is 4. The largest absolute Gasteiger partial charge is 0.376 e. The maximum Gasteiger partial charge on any atom is 0.151 e. The van der Waals surface area contributed by atoms with Gasteiger partial charge in [-0.2, -0.15) is 0 Å². The number of rotatable bonds is 5. The van der Waals surface area contributed by atoms with Crippen molar-refractivity contribution in [1.82, 2.24) is 20.2 Å². The molecular weight excluding hydrogens is 276 g/mol. The summed E-state index contributed by atoms with van der Waals surface area (Å²) in [5, 5.41) is 12.3. The number of tetrazole rings is 1. The van der Waals surface area contributed by atoms with Crippen LogP contribution in [0.25, 0.3) is 0 Å². The van der Waals surface area contributed by atoms with Crippen LogP contribution >= 0.6 is 0 Å². The van der Waals surface area contributed by atoms with E-state index in [1.54, 1.807) is 0 Å². The van der Waals surface area contributed by atoms with Gasteiger partial charge in [-0.1, -0.05) is 30.3 Å². The average molecular weight is 300 g/mol. The predicted molar refractivity (Wildman–Crippen MR) is 84.4 cm³/mol. The number of hydrogen-bond donors (Lipinski definition) is 0. The average Bonchev–Trinajstić information content (AvgIpc) is 2.92. The topological polar surface area (TPSA) is 52.8 Å². The quantitative estimate of drug-likeness (QED) is 0.852. The molecule has 0 radical (unpaired) electrons. The molecule has 2 aromatic rings. The number of ether oxygens (including phenoxy) is 1. The van der Waals surface area contributed by atoms with Gasteiger partial charge in [0.1, 0.15) is 0 Å². The smallest absolute Gasteiger partial charge is 0.151 e. The van der Waals surface area contributed by atoms with Crippen LogP contribution < -0.4 is 0 Å². The first kappa shape index (κ1) is 15.2. The van der Waals surface area contributed by atoms with E-state index in [2.05, 4.69) is 53.6 Å². The fourth-order valence-corrected chi connectivity index (χ4v) is 3.38. The fourth-order valence-electron chi connectivity index (χ4n) is 3.38. The summed E-state index contributed by atoms with van der Waals surface area (Å²) in [6, 6.07) is 10.5. The Labute approximate surface area is 131 Å². The summed E-state index contributed by atoms with van der Waals surface area (Å²) in [4.78, 5) is 0. The SMILES string of the molecule is C[C@@H]1CC(Cn2nnnc2CCc2ccccc2)C[C@H](C)O1. The molecule has 3 atom stereocenters. The molecule has 0 aliphatic carbocycles. The van der Waals surface area contributed by atoms with Crippen molar-refractivity contribution >= 4 is 0 Å². The van der Waals surface area contributed by atoms with Crippen LogP contribution in [0.4, 0.5) is 0 Å². The summed E-state index contributed by atoms with van der Waals surface area (Å²) in [5.74, 6) is 1.58. The summed E-state index contributed by atoms with van der Waals surface area (Å²) in [6.07, 6.45) is 4.69. The monoisotopic (exact) mass is 300 g/mol. The number of aromatic nitrogens is 4. The lowest BCUT2D eigenvalue weighted by Gasteiger charge is -2.32. The van der Waals surface area contributed by atoms with E-state index in [1.165, 1.54) is 5.56 Å². The van der Waals surface area contributed by atoms with Gasteiger partial charge >= 0.3 is 0 Å². The molecule has 0 spiro atoms. The Morgan fingerprint density at radius 2 is 1.82 bits per heavy atom. The second-order valence-electron chi connectivity index (χ2n) is 6.36. The molecule has 1 aromatic heterocycles. The highest BCUT2D eigenvalue weighted by molar-refractivity contribution is 5.15. The lowest BCUT2D eigenvalue weighted by atomic mass is 9.92. The van der Waals surface area contributed by atoms with Crippen molar-refractivity contribution in [2.45, 2.75) is 58.3 Å². The van der Waals surface area contributed by atoms with Gasteiger partial charge in [-0.3, -0.25) is 0 Å². The van der Waals surface area contributed by atoms with Gasteiger partial charge in [0.05, 0.1) is 12.2 Å². The first-order valence-corrected chi connectivity index (χ1v) is 8.15. The van der Waals surface area contributed by atoms with Crippen LogP contribution in [0.2, 0.25) is 0 Å². The molecule has 1 aliphatic rings. The summed E-state index contributed by atoms with van der Waals surface area (Å²) >= 11 is 0. The first-order chi connectivity index (χ1) is 10.7. The van der Waals surface area contributed by atoms with Crippen LogP contribution in [-0.2, 0) is 24.1 Å². The van der Waals surface area contributed by atoms with E-state index >= 15 is 0 Å². The predicted octanol–water partition coefficient (Wildman–Crippen LogP) is 2.66. The molecule has 22 heavy (non-hydrogen) atoms. The third kappa shape index (κ3) is 3.91. The zero-order chi connectivity index (χ0) is 15.4. The van der Waals surface area contributed by atoms with Crippen LogP contribution in [0.1, 0.15) is 38.1 Å². The molecule has 0 saturated carbocycles. The third-order valence-electron chi connectivity index (χ3n) is 4.31. The van der Waals surface area contributed by atoms with E-state index < -0.39 is 0 Å². The molecule has 1 fully saturated rings. The van der Waals surface area contributed by atoms with Gasteiger partial charge in [0.15, 0.2) is 5.82 Å². The summed E-state index contributed by atoms with van der Waals surface area (Å²) in [7, 11) is 0. The zero-order valence-electron chi connectivity index (χ0n) is 13.4. The lowest BCUT2D eigenvalue weighted by Crippen LogP contribution is -2.32. The molecule has 0 amide bonds. The van der Waals surface area contributed by atoms with E-state index in [1.807, 2.05) is 10.7 Å². The molecule has 5 nitrogen and oxygen atoms in total. The summed E-state index contributed by atoms with van der Waals surface area (Å²) < 4.78 is 7.79. The molecule has 3 rings (SSSR count). The molecule has 0 bridgehead atoms. The molecule has 118 valence electrons. The molecule has 0 N–H and O–H groups in total. The Hall–Kier alpha value is -1.75. The molecular formula is C17H24N4O. The van der Waals surface area contributed by atoms with E-state index in [0.29, 0.717) is 18.1 Å². The van der Waals surface area contributed by atoms with Gasteiger partial charge in [-0.15, -0.1) is 5.10 Å². The van der Waals surface area contributed by atoms with Crippen molar-refractivity contribution in [3.05, 3.63) is 41.7 Å². The van der Waals surface area contributed by atoms with Gasteiger partial charge < -0.3 is 4.74 Å². The molecule has 1 unspecified atom stereocenters. The van der Waals surface area contributed by atoms with E-state index in [4.69, 9.17) is 4.74 Å². The number of aryl methyl sites for hydroxylation is 2. The molecule has 5 heteroatoms. The van der Waals surface area contributed by atoms with Crippen molar-refractivity contribution in [2.75, 3.05) is 0 Å². The van der Waals surface area contributed by atoms with Crippen LogP contribution in [0.3, 0.4) is 0 Å². The van der Waals surface area contributed by atoms with E-state index in [-0.39, 0.29) is 0 Å². The van der Waals surface area contributed by atoms with Gasteiger partial charge in [-0.05, 0) is 55.0 Å².